The van der Waals surface area contributed by atoms with Crippen LogP contribution in [-0.4, -0.2) is 21.5 Å². The highest BCUT2D eigenvalue weighted by molar-refractivity contribution is 7.80. The summed E-state index contributed by atoms with van der Waals surface area (Å²) in [4.78, 5) is 0. The van der Waals surface area contributed by atoms with Crippen LogP contribution in [-0.2, 0) is 6.54 Å². The predicted molar refractivity (Wildman–Crippen MR) is 114 cm³/mol. The van der Waals surface area contributed by atoms with Crippen molar-refractivity contribution in [2.75, 3.05) is 17.2 Å². The number of aromatic nitrogens is 2. The first-order chi connectivity index (χ1) is 15.1. The van der Waals surface area contributed by atoms with Gasteiger partial charge in [-0.1, -0.05) is 12.1 Å². The minimum atomic E-state index is -2.21. The number of thiocarbonyl (C=S) groups is 1. The van der Waals surface area contributed by atoms with Gasteiger partial charge in [0, 0.05) is 0 Å². The van der Waals surface area contributed by atoms with E-state index in [1.165, 1.54) is 0 Å². The van der Waals surface area contributed by atoms with Crippen LogP contribution < -0.4 is 15.4 Å². The molecule has 0 fully saturated rings. The van der Waals surface area contributed by atoms with Gasteiger partial charge < -0.3 is 15.4 Å². The molecule has 2 aromatic carbocycles. The third kappa shape index (κ3) is 4.52. The van der Waals surface area contributed by atoms with Gasteiger partial charge in [0.2, 0.25) is 5.82 Å². The summed E-state index contributed by atoms with van der Waals surface area (Å²) in [6, 6.07) is 7.15. The summed E-state index contributed by atoms with van der Waals surface area (Å²) in [6.07, 6.45) is 0. The van der Waals surface area contributed by atoms with Gasteiger partial charge in [0.05, 0.1) is 41.5 Å². The van der Waals surface area contributed by atoms with Crippen LogP contribution in [0.15, 0.2) is 24.3 Å². The van der Waals surface area contributed by atoms with Crippen molar-refractivity contribution >= 4 is 28.7 Å². The highest BCUT2D eigenvalue weighted by atomic mass is 32.1. The molecule has 0 unspecified atom stereocenters. The minimum Gasteiger partial charge on any atom is -0.492 e. The molecule has 0 amide bonds. The fraction of sp³-hybridized carbons (Fsp3) is 0.238. The Balaban J connectivity index is 1.84. The molecule has 0 saturated heterocycles. The van der Waals surface area contributed by atoms with E-state index in [-0.39, 0.29) is 5.11 Å². The van der Waals surface area contributed by atoms with Crippen LogP contribution in [0, 0.1) is 42.9 Å². The maximum absolute atomic E-state index is 14.1. The van der Waals surface area contributed by atoms with Crippen LogP contribution in [0.3, 0.4) is 0 Å². The smallest absolute Gasteiger partial charge is 0.200 e. The first-order valence-electron chi connectivity index (χ1n) is 9.49. The van der Waals surface area contributed by atoms with E-state index in [0.717, 1.165) is 4.68 Å². The minimum absolute atomic E-state index is 0.194. The van der Waals surface area contributed by atoms with Crippen molar-refractivity contribution in [3.8, 4) is 5.75 Å². The Bertz CT molecular complexity index is 1150. The van der Waals surface area contributed by atoms with Crippen molar-refractivity contribution in [3.05, 3.63) is 70.3 Å². The molecule has 170 valence electrons. The lowest BCUT2D eigenvalue weighted by Gasteiger charge is -2.14. The van der Waals surface area contributed by atoms with Crippen molar-refractivity contribution in [1.82, 2.24) is 9.78 Å². The molecule has 1 aromatic heterocycles. The van der Waals surface area contributed by atoms with E-state index in [1.807, 2.05) is 13.0 Å². The number of halogens is 5. The van der Waals surface area contributed by atoms with E-state index >= 15 is 0 Å². The van der Waals surface area contributed by atoms with E-state index in [1.54, 1.807) is 32.0 Å². The average molecular weight is 470 g/mol. The Morgan fingerprint density at radius 1 is 0.969 bits per heavy atom. The molecule has 0 radical (unpaired) electrons. The zero-order valence-corrected chi connectivity index (χ0v) is 18.1. The number of aryl methyl sites for hydroxylation is 1. The normalized spacial score (nSPS) is 10.9. The molecular weight excluding hydrogens is 451 g/mol. The molecule has 0 aliphatic carbocycles. The summed E-state index contributed by atoms with van der Waals surface area (Å²) < 4.78 is 75.1. The first kappa shape index (κ1) is 23.5. The van der Waals surface area contributed by atoms with Crippen LogP contribution in [0.25, 0.3) is 0 Å². The van der Waals surface area contributed by atoms with Crippen LogP contribution in [0.1, 0.15) is 23.9 Å². The number of ether oxygens (including phenoxy) is 1. The molecule has 11 heteroatoms. The summed E-state index contributed by atoms with van der Waals surface area (Å²) in [5.74, 6) is -9.41. The number of para-hydroxylation sites is 2. The lowest BCUT2D eigenvalue weighted by Crippen LogP contribution is -2.20. The summed E-state index contributed by atoms with van der Waals surface area (Å²) >= 11 is 5.33. The lowest BCUT2D eigenvalue weighted by atomic mass is 10.1. The van der Waals surface area contributed by atoms with Crippen LogP contribution >= 0.6 is 12.2 Å². The zero-order valence-electron chi connectivity index (χ0n) is 17.3. The number of hydrogen-bond acceptors (Lipinski definition) is 3. The second kappa shape index (κ2) is 9.51. The monoisotopic (exact) mass is 470 g/mol. The fourth-order valence-corrected chi connectivity index (χ4v) is 3.30. The van der Waals surface area contributed by atoms with Gasteiger partial charge in [-0.2, -0.15) is 5.10 Å². The summed E-state index contributed by atoms with van der Waals surface area (Å²) in [6.45, 7) is 4.83. The number of rotatable bonds is 6. The molecule has 0 bridgehead atoms. The second-order valence-corrected chi connectivity index (χ2v) is 7.17. The maximum Gasteiger partial charge on any atom is 0.200 e. The topological polar surface area (TPSA) is 51.1 Å². The maximum atomic E-state index is 14.1. The Morgan fingerprint density at radius 3 is 2.19 bits per heavy atom. The van der Waals surface area contributed by atoms with E-state index < -0.39 is 41.2 Å². The van der Waals surface area contributed by atoms with Gasteiger partial charge in [-0.05, 0) is 45.1 Å². The molecule has 0 aliphatic heterocycles. The standard InChI is InChI=1S/C21H19F5N4OS/c1-4-31-14-8-6-5-7-13(14)27-21(32)28-20-10(2)29-30(11(20)3)9-12-15(22)17(24)19(26)18(25)16(12)23/h5-8H,4,9H2,1-3H3,(H2,27,28,32). The largest absolute Gasteiger partial charge is 0.492 e. The Labute approximate surface area is 186 Å². The van der Waals surface area contributed by atoms with Crippen molar-refractivity contribution < 1.29 is 26.7 Å². The van der Waals surface area contributed by atoms with Gasteiger partial charge in [0.25, 0.3) is 0 Å². The van der Waals surface area contributed by atoms with Gasteiger partial charge in [-0.15, -0.1) is 0 Å². The second-order valence-electron chi connectivity index (χ2n) is 6.76. The Kier molecular flexibility index (Phi) is 6.97. The summed E-state index contributed by atoms with van der Waals surface area (Å²) in [5.41, 5.74) is 0.864. The summed E-state index contributed by atoms with van der Waals surface area (Å²) in [5, 5.41) is 10.3. The van der Waals surface area contributed by atoms with E-state index in [9.17, 15) is 22.0 Å². The first-order valence-corrected chi connectivity index (χ1v) is 9.90. The van der Waals surface area contributed by atoms with E-state index in [0.29, 0.717) is 35.1 Å². The number of anilines is 2. The zero-order chi connectivity index (χ0) is 23.6. The molecule has 32 heavy (non-hydrogen) atoms. The highest BCUT2D eigenvalue weighted by Gasteiger charge is 2.26. The predicted octanol–water partition coefficient (Wildman–Crippen LogP) is 5.45. The van der Waals surface area contributed by atoms with Crippen LogP contribution in [0.2, 0.25) is 0 Å². The molecule has 2 N–H and O–H groups in total. The lowest BCUT2D eigenvalue weighted by molar-refractivity contribution is 0.342. The third-order valence-corrected chi connectivity index (χ3v) is 4.87. The summed E-state index contributed by atoms with van der Waals surface area (Å²) in [7, 11) is 0. The van der Waals surface area contributed by atoms with Gasteiger partial charge in [0.1, 0.15) is 5.75 Å². The molecule has 0 spiro atoms. The van der Waals surface area contributed by atoms with Gasteiger partial charge in [-0.25, -0.2) is 22.0 Å². The number of nitrogens with one attached hydrogen (secondary N) is 2. The van der Waals surface area contributed by atoms with Gasteiger partial charge >= 0.3 is 0 Å². The highest BCUT2D eigenvalue weighted by Crippen LogP contribution is 2.27. The molecular formula is C21H19F5N4OS. The van der Waals surface area contributed by atoms with Crippen molar-refractivity contribution in [3.63, 3.8) is 0 Å². The van der Waals surface area contributed by atoms with Crippen molar-refractivity contribution in [1.29, 1.82) is 0 Å². The quantitative estimate of drug-likeness (QED) is 0.217. The number of benzene rings is 2. The number of nitrogens with zero attached hydrogens (tertiary/aromatic N) is 2. The molecule has 1 heterocycles. The number of hydrogen-bond donors (Lipinski definition) is 2. The average Bonchev–Trinajstić information content (AvgIpc) is 3.02. The third-order valence-electron chi connectivity index (χ3n) is 4.66. The van der Waals surface area contributed by atoms with Crippen LogP contribution in [0.4, 0.5) is 33.3 Å². The molecule has 0 atom stereocenters. The molecule has 3 rings (SSSR count). The van der Waals surface area contributed by atoms with E-state index in [2.05, 4.69) is 15.7 Å². The molecule has 0 saturated carbocycles. The fourth-order valence-electron chi connectivity index (χ4n) is 3.09. The van der Waals surface area contributed by atoms with Gasteiger partial charge in [-0.3, -0.25) is 4.68 Å². The van der Waals surface area contributed by atoms with Crippen molar-refractivity contribution in [2.24, 2.45) is 0 Å². The Morgan fingerprint density at radius 2 is 1.56 bits per heavy atom. The molecule has 5 nitrogen and oxygen atoms in total. The Hall–Kier alpha value is -3.21. The van der Waals surface area contributed by atoms with Gasteiger partial charge in [0.15, 0.2) is 28.4 Å². The SMILES string of the molecule is CCOc1ccccc1NC(=S)Nc1c(C)nn(Cc2c(F)c(F)c(F)c(F)c2F)c1C. The van der Waals surface area contributed by atoms with Crippen LogP contribution in [0.5, 0.6) is 5.75 Å². The molecule has 0 aliphatic rings. The molecule has 3 aromatic rings. The van der Waals surface area contributed by atoms with E-state index in [4.69, 9.17) is 17.0 Å². The van der Waals surface area contributed by atoms with Crippen molar-refractivity contribution in [2.45, 2.75) is 27.3 Å².